The molecule has 3 aliphatic heterocycles. The quantitative estimate of drug-likeness (QED) is 0.194. The second-order valence-electron chi connectivity index (χ2n) is 17.5. The molecule has 3 heterocycles. The van der Waals surface area contributed by atoms with Gasteiger partial charge in [0, 0.05) is 51.0 Å². The topological polar surface area (TPSA) is 175 Å². The Bertz CT molecular complexity index is 1420. The van der Waals surface area contributed by atoms with E-state index in [0.29, 0.717) is 38.0 Å². The van der Waals surface area contributed by atoms with Crippen molar-refractivity contribution in [3.63, 3.8) is 0 Å². The number of aliphatic hydroxyl groups excluding tert-OH is 1. The van der Waals surface area contributed by atoms with E-state index in [-0.39, 0.29) is 49.5 Å². The minimum atomic E-state index is -2.48. The number of aliphatic hydroxyl groups is 2. The molecule has 0 aromatic carbocycles. The highest BCUT2D eigenvalue weighted by Crippen LogP contribution is 2.39. The number of carbonyl (C=O) groups is 4. The van der Waals surface area contributed by atoms with E-state index in [2.05, 4.69) is 19.9 Å². The van der Waals surface area contributed by atoms with Gasteiger partial charge in [0.25, 0.3) is 11.7 Å². The molecule has 2 bridgehead atoms. The second kappa shape index (κ2) is 19.8. The van der Waals surface area contributed by atoms with E-state index in [0.717, 1.165) is 30.4 Å². The van der Waals surface area contributed by atoms with E-state index in [4.69, 9.17) is 24.7 Å². The molecule has 312 valence electrons. The van der Waals surface area contributed by atoms with E-state index < -0.39 is 77.8 Å². The number of carbonyl (C=O) groups excluding carboxylic acids is 4. The average Bonchev–Trinajstić information content (AvgIpc) is 3.15. The third kappa shape index (κ3) is 10.7. The zero-order chi connectivity index (χ0) is 40.8. The van der Waals surface area contributed by atoms with Crippen LogP contribution < -0.4 is 5.73 Å². The molecule has 55 heavy (non-hydrogen) atoms. The van der Waals surface area contributed by atoms with Crippen LogP contribution in [0.15, 0.2) is 23.3 Å². The molecule has 0 radical (unpaired) electrons. The third-order valence-electron chi connectivity index (χ3n) is 13.1. The van der Waals surface area contributed by atoms with Crippen molar-refractivity contribution in [1.82, 2.24) is 4.90 Å². The minimum absolute atomic E-state index is 0.0510. The zero-order valence-corrected chi connectivity index (χ0v) is 34.8. The highest BCUT2D eigenvalue weighted by Gasteiger charge is 2.56. The molecule has 0 unspecified atom stereocenters. The Balaban J connectivity index is 1.76. The molecule has 4 aliphatic rings. The van der Waals surface area contributed by atoms with Crippen LogP contribution in [0, 0.1) is 35.5 Å². The van der Waals surface area contributed by atoms with E-state index >= 15 is 0 Å². The number of Topliss-reactive ketones (excluding diaryl/α,β-unsaturated/α-hetero) is 2. The lowest BCUT2D eigenvalue weighted by atomic mass is 9.78. The predicted octanol–water partition coefficient (Wildman–Crippen LogP) is 5.06. The summed E-state index contributed by atoms with van der Waals surface area (Å²) in [6, 6.07) is -0.967. The molecule has 4 rings (SSSR count). The van der Waals surface area contributed by atoms with Crippen LogP contribution in [-0.2, 0) is 38.1 Å². The van der Waals surface area contributed by atoms with Crippen LogP contribution in [0.25, 0.3) is 0 Å². The van der Waals surface area contributed by atoms with Gasteiger partial charge in [0.2, 0.25) is 5.79 Å². The Morgan fingerprint density at radius 3 is 2.31 bits per heavy atom. The zero-order valence-electron chi connectivity index (χ0n) is 34.8. The molecule has 2 saturated heterocycles. The first-order valence-electron chi connectivity index (χ1n) is 20.8. The summed E-state index contributed by atoms with van der Waals surface area (Å²) >= 11 is 0. The molecule has 1 amide bonds. The van der Waals surface area contributed by atoms with Crippen molar-refractivity contribution in [2.24, 2.45) is 41.2 Å². The number of fused-ring (bicyclic) bond motifs is 3. The summed E-state index contributed by atoms with van der Waals surface area (Å²) in [6.45, 7) is 13.6. The number of cyclic esters (lactones) is 1. The molecule has 0 spiro atoms. The first kappa shape index (κ1) is 45.2. The number of esters is 1. The fraction of sp³-hybridized carbons (Fsp3) is 0.814. The molecule has 1 aliphatic carbocycles. The van der Waals surface area contributed by atoms with Gasteiger partial charge in [-0.2, -0.15) is 0 Å². The van der Waals surface area contributed by atoms with Crippen molar-refractivity contribution in [1.29, 1.82) is 0 Å². The number of nitrogens with two attached hydrogens (primary N) is 1. The summed E-state index contributed by atoms with van der Waals surface area (Å²) in [5.41, 5.74) is 8.08. The first-order chi connectivity index (χ1) is 25.9. The SMILES string of the molecule is CC[C@H]1/C=C(\C)C[C@H](C)C[C@H](OC)[C@H]2O[C@@](O)(C(=O)C(=O)N3CCCC[C@H]3C(=O)O[C@H](/C(C)=C/[C@@H]3CC[C@H](N)[C@H](C)C3)[C@H](C)[C@@H](O)CC1=O)[C@H](C)C[C@@H]2OC. The van der Waals surface area contributed by atoms with Gasteiger partial charge in [-0.05, 0) is 101 Å². The van der Waals surface area contributed by atoms with Crippen molar-refractivity contribution in [3.05, 3.63) is 23.3 Å². The molecule has 1 saturated carbocycles. The van der Waals surface area contributed by atoms with Gasteiger partial charge in [0.05, 0.1) is 18.3 Å². The van der Waals surface area contributed by atoms with Crippen molar-refractivity contribution < 1.29 is 48.3 Å². The maximum Gasteiger partial charge on any atom is 0.329 e. The summed E-state index contributed by atoms with van der Waals surface area (Å²) in [5.74, 6) is -6.72. The Labute approximate surface area is 328 Å². The molecule has 0 aromatic rings. The third-order valence-corrected chi connectivity index (χ3v) is 13.1. The average molecular weight is 775 g/mol. The van der Waals surface area contributed by atoms with E-state index in [1.54, 1.807) is 28.1 Å². The molecule has 4 N–H and O–H groups in total. The van der Waals surface area contributed by atoms with Gasteiger partial charge in [-0.1, -0.05) is 52.3 Å². The molecule has 14 atom stereocenters. The van der Waals surface area contributed by atoms with Gasteiger partial charge in [-0.25, -0.2) is 4.79 Å². The summed E-state index contributed by atoms with van der Waals surface area (Å²) in [5, 5.41) is 23.7. The lowest BCUT2D eigenvalue weighted by Gasteiger charge is -2.47. The number of allylic oxidation sites excluding steroid dienone is 3. The Morgan fingerprint density at radius 1 is 1.00 bits per heavy atom. The number of rotatable bonds is 5. The molecular formula is C43H70N2O10. The monoisotopic (exact) mass is 775 g/mol. The second-order valence-corrected chi connectivity index (χ2v) is 17.5. The molecular weight excluding hydrogens is 704 g/mol. The van der Waals surface area contributed by atoms with Crippen LogP contribution in [-0.4, -0.2) is 108 Å². The van der Waals surface area contributed by atoms with Gasteiger partial charge >= 0.3 is 5.97 Å². The number of hydrogen-bond donors (Lipinski definition) is 3. The molecule has 3 fully saturated rings. The fourth-order valence-electron chi connectivity index (χ4n) is 9.46. The number of amides is 1. The maximum atomic E-state index is 14.3. The minimum Gasteiger partial charge on any atom is -0.456 e. The summed E-state index contributed by atoms with van der Waals surface area (Å²) in [4.78, 5) is 57.6. The van der Waals surface area contributed by atoms with E-state index in [9.17, 15) is 29.4 Å². The largest absolute Gasteiger partial charge is 0.456 e. The molecule has 12 heteroatoms. The number of methoxy groups -OCH3 is 2. The number of hydrogen-bond acceptors (Lipinski definition) is 11. The predicted molar refractivity (Wildman–Crippen MR) is 208 cm³/mol. The van der Waals surface area contributed by atoms with Crippen LogP contribution in [0.3, 0.4) is 0 Å². The number of piperidine rings is 1. The summed E-state index contributed by atoms with van der Waals surface area (Å²) in [7, 11) is 3.08. The lowest BCUT2D eigenvalue weighted by molar-refractivity contribution is -0.302. The van der Waals surface area contributed by atoms with E-state index in [1.165, 1.54) is 4.90 Å². The van der Waals surface area contributed by atoms with Gasteiger partial charge in [0.1, 0.15) is 24.0 Å². The fourth-order valence-corrected chi connectivity index (χ4v) is 9.46. The first-order valence-corrected chi connectivity index (χ1v) is 20.8. The Morgan fingerprint density at radius 2 is 1.67 bits per heavy atom. The van der Waals surface area contributed by atoms with Crippen molar-refractivity contribution in [2.75, 3.05) is 20.8 Å². The smallest absolute Gasteiger partial charge is 0.329 e. The number of ketones is 2. The Hall–Kier alpha value is -2.48. The highest BCUT2D eigenvalue weighted by atomic mass is 16.7. The van der Waals surface area contributed by atoms with Gasteiger partial charge < -0.3 is 39.8 Å². The number of ether oxygens (including phenoxy) is 4. The lowest BCUT2D eigenvalue weighted by Crippen LogP contribution is -2.64. The number of nitrogens with zero attached hydrogens (tertiary/aromatic N) is 1. The van der Waals surface area contributed by atoms with Crippen LogP contribution in [0.2, 0.25) is 0 Å². The summed E-state index contributed by atoms with van der Waals surface area (Å²) < 4.78 is 24.3. The van der Waals surface area contributed by atoms with Crippen LogP contribution >= 0.6 is 0 Å². The van der Waals surface area contributed by atoms with Crippen molar-refractivity contribution >= 4 is 23.4 Å². The standard InChI is InChI=1S/C43H70N2O10/c1-10-31-18-24(2)17-25(3)19-36(52-8)39-37(53-9)22-28(6)43(51,55-39)40(48)41(49)45-16-12-11-13-33(45)42(50)54-38(29(7)34(46)23-35(31)47)27(5)21-30-14-15-32(44)26(4)20-30/h18,21,25-26,28-34,36-39,46,51H,10-17,19-20,22-23,44H2,1-9H3/b24-18+,27-21+/t25-,26+,28+,29+,30+,31-,32-,33-,34-,36-,37-,38+,39+,43+/m0/s1. The van der Waals surface area contributed by atoms with E-state index in [1.807, 2.05) is 26.8 Å². The van der Waals surface area contributed by atoms with Crippen LogP contribution in [0.5, 0.6) is 0 Å². The van der Waals surface area contributed by atoms with Gasteiger partial charge in [-0.15, -0.1) is 0 Å². The molecule has 0 aromatic heterocycles. The van der Waals surface area contributed by atoms with Crippen molar-refractivity contribution in [3.8, 4) is 0 Å². The highest BCUT2D eigenvalue weighted by molar-refractivity contribution is 6.39. The molecule has 12 nitrogen and oxygen atoms in total. The summed E-state index contributed by atoms with van der Waals surface area (Å²) in [6.07, 6.45) is 5.98. The normalized spacial score (nSPS) is 42.1. The van der Waals surface area contributed by atoms with Crippen molar-refractivity contribution in [2.45, 2.75) is 167 Å². The van der Waals surface area contributed by atoms with Gasteiger partial charge in [-0.3, -0.25) is 14.4 Å². The van der Waals surface area contributed by atoms with Gasteiger partial charge in [0.15, 0.2) is 0 Å². The van der Waals surface area contributed by atoms with Crippen LogP contribution in [0.1, 0.15) is 119 Å². The Kier molecular flexibility index (Phi) is 16.3. The maximum absolute atomic E-state index is 14.3. The van der Waals surface area contributed by atoms with Crippen LogP contribution in [0.4, 0.5) is 0 Å².